The van der Waals surface area contributed by atoms with Crippen LogP contribution in [-0.2, 0) is 4.74 Å². The Morgan fingerprint density at radius 1 is 1.48 bits per heavy atom. The van der Waals surface area contributed by atoms with Crippen molar-refractivity contribution in [3.8, 4) is 0 Å². The predicted octanol–water partition coefficient (Wildman–Crippen LogP) is 2.28. The van der Waals surface area contributed by atoms with E-state index in [0.29, 0.717) is 0 Å². The standard InChI is InChI=1S/C15H20N4O2/c1-15(2,3)21-14(20)18-11-8-19(9-11)12-6-10-4-5-16-13(10)17-7-12/h4-7,11H,8-9H2,1-3H3,(H,16,17)(H,18,20). The average molecular weight is 288 g/mol. The maximum Gasteiger partial charge on any atom is 0.407 e. The number of nitrogens with zero attached hydrogens (tertiary/aromatic N) is 2. The highest BCUT2D eigenvalue weighted by molar-refractivity contribution is 5.79. The van der Waals surface area contributed by atoms with E-state index < -0.39 is 5.60 Å². The third-order valence-electron chi connectivity index (χ3n) is 3.35. The van der Waals surface area contributed by atoms with Crippen LogP contribution in [0.2, 0.25) is 0 Å². The number of pyridine rings is 1. The summed E-state index contributed by atoms with van der Waals surface area (Å²) >= 11 is 0. The van der Waals surface area contributed by atoms with E-state index in [0.717, 1.165) is 29.8 Å². The number of rotatable bonds is 2. The SMILES string of the molecule is CC(C)(C)OC(=O)NC1CN(c2cnc3[nH]ccc3c2)C1. The maximum absolute atomic E-state index is 11.7. The number of hydrogen-bond acceptors (Lipinski definition) is 4. The molecule has 2 aromatic rings. The number of H-pyrrole nitrogens is 1. The molecule has 1 saturated heterocycles. The Labute approximate surface area is 123 Å². The van der Waals surface area contributed by atoms with Crippen LogP contribution in [-0.4, -0.2) is 40.8 Å². The van der Waals surface area contributed by atoms with Gasteiger partial charge in [-0.05, 0) is 32.9 Å². The number of alkyl carbamates (subject to hydrolysis) is 1. The third kappa shape index (κ3) is 3.09. The zero-order valence-corrected chi connectivity index (χ0v) is 12.5. The summed E-state index contributed by atoms with van der Waals surface area (Å²) < 4.78 is 5.25. The summed E-state index contributed by atoms with van der Waals surface area (Å²) in [5.41, 5.74) is 1.50. The summed E-state index contributed by atoms with van der Waals surface area (Å²) in [6.45, 7) is 7.12. The molecule has 0 saturated carbocycles. The second-order valence-corrected chi connectivity index (χ2v) is 6.36. The first-order valence-corrected chi connectivity index (χ1v) is 7.08. The van der Waals surface area contributed by atoms with Gasteiger partial charge in [-0.3, -0.25) is 0 Å². The molecule has 0 unspecified atom stereocenters. The van der Waals surface area contributed by atoms with Gasteiger partial charge in [-0.1, -0.05) is 0 Å². The van der Waals surface area contributed by atoms with Crippen LogP contribution in [0.15, 0.2) is 24.5 Å². The fourth-order valence-electron chi connectivity index (χ4n) is 2.36. The first-order chi connectivity index (χ1) is 9.90. The van der Waals surface area contributed by atoms with Gasteiger partial charge >= 0.3 is 6.09 Å². The van der Waals surface area contributed by atoms with E-state index in [1.807, 2.05) is 39.2 Å². The van der Waals surface area contributed by atoms with Gasteiger partial charge in [-0.25, -0.2) is 9.78 Å². The van der Waals surface area contributed by atoms with Crippen molar-refractivity contribution in [2.45, 2.75) is 32.4 Å². The lowest BCUT2D eigenvalue weighted by atomic mass is 10.1. The third-order valence-corrected chi connectivity index (χ3v) is 3.35. The minimum absolute atomic E-state index is 0.127. The van der Waals surface area contributed by atoms with Crippen molar-refractivity contribution in [1.82, 2.24) is 15.3 Å². The highest BCUT2D eigenvalue weighted by Gasteiger charge is 2.30. The van der Waals surface area contributed by atoms with Crippen molar-refractivity contribution in [3.05, 3.63) is 24.5 Å². The van der Waals surface area contributed by atoms with Gasteiger partial charge in [0.15, 0.2) is 0 Å². The summed E-state index contributed by atoms with van der Waals surface area (Å²) in [6, 6.07) is 4.23. The number of carbonyl (C=O) groups is 1. The van der Waals surface area contributed by atoms with Crippen LogP contribution < -0.4 is 10.2 Å². The molecule has 0 aromatic carbocycles. The molecule has 0 spiro atoms. The lowest BCUT2D eigenvalue weighted by molar-refractivity contribution is 0.0496. The van der Waals surface area contributed by atoms with Crippen molar-refractivity contribution in [2.75, 3.05) is 18.0 Å². The highest BCUT2D eigenvalue weighted by atomic mass is 16.6. The van der Waals surface area contributed by atoms with Crippen molar-refractivity contribution in [3.63, 3.8) is 0 Å². The number of nitrogens with one attached hydrogen (secondary N) is 2. The van der Waals surface area contributed by atoms with Gasteiger partial charge in [0.1, 0.15) is 11.2 Å². The Kier molecular flexibility index (Phi) is 3.23. The van der Waals surface area contributed by atoms with Crippen LogP contribution in [0.1, 0.15) is 20.8 Å². The van der Waals surface area contributed by atoms with Crippen molar-refractivity contribution in [1.29, 1.82) is 0 Å². The molecule has 0 aliphatic carbocycles. The number of aromatic nitrogens is 2. The molecule has 1 amide bonds. The Morgan fingerprint density at radius 3 is 2.95 bits per heavy atom. The van der Waals surface area contributed by atoms with Crippen molar-refractivity contribution >= 4 is 22.8 Å². The molecule has 6 heteroatoms. The fourth-order valence-corrected chi connectivity index (χ4v) is 2.36. The van der Waals surface area contributed by atoms with Gasteiger partial charge in [0.05, 0.1) is 17.9 Å². The van der Waals surface area contributed by atoms with Crippen LogP contribution in [0.25, 0.3) is 11.0 Å². The van der Waals surface area contributed by atoms with Crippen LogP contribution in [0.5, 0.6) is 0 Å². The van der Waals surface area contributed by atoms with Crippen LogP contribution in [0.4, 0.5) is 10.5 Å². The molecule has 3 heterocycles. The molecular formula is C15H20N4O2. The minimum atomic E-state index is -0.462. The monoisotopic (exact) mass is 288 g/mol. The van der Waals surface area contributed by atoms with E-state index in [9.17, 15) is 4.79 Å². The second-order valence-electron chi connectivity index (χ2n) is 6.36. The molecule has 21 heavy (non-hydrogen) atoms. The van der Waals surface area contributed by atoms with Gasteiger partial charge in [0.2, 0.25) is 0 Å². The number of carbonyl (C=O) groups excluding carboxylic acids is 1. The molecule has 6 nitrogen and oxygen atoms in total. The van der Waals surface area contributed by atoms with E-state index in [2.05, 4.69) is 26.3 Å². The second kappa shape index (κ2) is 4.95. The average Bonchev–Trinajstić information content (AvgIpc) is 2.77. The smallest absolute Gasteiger partial charge is 0.407 e. The first kappa shape index (κ1) is 13.7. The van der Waals surface area contributed by atoms with Crippen LogP contribution in [0, 0.1) is 0 Å². The number of amides is 1. The maximum atomic E-state index is 11.7. The Morgan fingerprint density at radius 2 is 2.24 bits per heavy atom. The van der Waals surface area contributed by atoms with Gasteiger partial charge in [-0.15, -0.1) is 0 Å². The fraction of sp³-hybridized carbons (Fsp3) is 0.467. The molecule has 3 rings (SSSR count). The predicted molar refractivity (Wildman–Crippen MR) is 81.5 cm³/mol. The summed E-state index contributed by atoms with van der Waals surface area (Å²) in [6.07, 6.45) is 3.37. The Bertz CT molecular complexity index is 653. The van der Waals surface area contributed by atoms with Gasteiger partial charge in [0.25, 0.3) is 0 Å². The molecule has 0 radical (unpaired) electrons. The van der Waals surface area contributed by atoms with E-state index in [1.54, 1.807) is 0 Å². The molecule has 1 aliphatic heterocycles. The molecule has 1 aliphatic rings. The molecule has 1 fully saturated rings. The van der Waals surface area contributed by atoms with E-state index in [-0.39, 0.29) is 12.1 Å². The highest BCUT2D eigenvalue weighted by Crippen LogP contribution is 2.23. The van der Waals surface area contributed by atoms with Gasteiger partial charge < -0.3 is 19.9 Å². The van der Waals surface area contributed by atoms with Gasteiger partial charge in [0, 0.05) is 24.7 Å². The molecular weight excluding hydrogens is 268 g/mol. The van der Waals surface area contributed by atoms with E-state index in [4.69, 9.17) is 4.74 Å². The van der Waals surface area contributed by atoms with Gasteiger partial charge in [-0.2, -0.15) is 0 Å². The lowest BCUT2D eigenvalue weighted by Gasteiger charge is -2.41. The summed E-state index contributed by atoms with van der Waals surface area (Å²) in [7, 11) is 0. The number of fused-ring (bicyclic) bond motifs is 1. The first-order valence-electron chi connectivity index (χ1n) is 7.08. The molecule has 112 valence electrons. The minimum Gasteiger partial charge on any atom is -0.444 e. The Balaban J connectivity index is 1.54. The largest absolute Gasteiger partial charge is 0.444 e. The molecule has 2 aromatic heterocycles. The molecule has 2 N–H and O–H groups in total. The zero-order valence-electron chi connectivity index (χ0n) is 12.5. The topological polar surface area (TPSA) is 70.2 Å². The number of ether oxygens (including phenoxy) is 1. The van der Waals surface area contributed by atoms with Crippen molar-refractivity contribution < 1.29 is 9.53 Å². The summed E-state index contributed by atoms with van der Waals surface area (Å²) in [4.78, 5) is 21.3. The number of hydrogen-bond donors (Lipinski definition) is 2. The number of anilines is 1. The lowest BCUT2D eigenvalue weighted by Crippen LogP contribution is -2.60. The van der Waals surface area contributed by atoms with E-state index >= 15 is 0 Å². The summed E-state index contributed by atoms with van der Waals surface area (Å²) in [5.74, 6) is 0. The van der Waals surface area contributed by atoms with Crippen LogP contribution >= 0.6 is 0 Å². The molecule has 0 atom stereocenters. The number of aromatic amines is 1. The normalized spacial score (nSPS) is 15.9. The summed E-state index contributed by atoms with van der Waals surface area (Å²) in [5, 5.41) is 3.97. The van der Waals surface area contributed by atoms with Crippen LogP contribution in [0.3, 0.4) is 0 Å². The molecule has 0 bridgehead atoms. The quantitative estimate of drug-likeness (QED) is 0.889. The van der Waals surface area contributed by atoms with Crippen molar-refractivity contribution in [2.24, 2.45) is 0 Å². The Hall–Kier alpha value is -2.24. The zero-order chi connectivity index (χ0) is 15.0. The van der Waals surface area contributed by atoms with E-state index in [1.165, 1.54) is 0 Å².